The summed E-state index contributed by atoms with van der Waals surface area (Å²) in [6.07, 6.45) is 0. The van der Waals surface area contributed by atoms with E-state index >= 15 is 0 Å². The van der Waals surface area contributed by atoms with Gasteiger partial charge in [-0.3, -0.25) is 10.0 Å². The van der Waals surface area contributed by atoms with Crippen LogP contribution < -0.4 is 5.48 Å². The highest BCUT2D eigenvalue weighted by atomic mass is 16.5. The minimum atomic E-state index is -0.559. The number of hydrogen-bond donors (Lipinski definition) is 2. The van der Waals surface area contributed by atoms with Crippen LogP contribution in [0.15, 0.2) is 78.9 Å². The lowest BCUT2D eigenvalue weighted by Gasteiger charge is -2.17. The van der Waals surface area contributed by atoms with Crippen molar-refractivity contribution < 1.29 is 10.0 Å². The molecule has 3 heteroatoms. The molecule has 0 aliphatic heterocycles. The Labute approximate surface area is 154 Å². The lowest BCUT2D eigenvalue weighted by molar-refractivity contribution is -0.129. The summed E-state index contributed by atoms with van der Waals surface area (Å²) < 4.78 is 0. The summed E-state index contributed by atoms with van der Waals surface area (Å²) in [6.45, 7) is 4.35. The molecule has 0 saturated heterocycles. The third-order valence-corrected chi connectivity index (χ3v) is 4.64. The molecular weight excluding hydrogens is 322 g/mol. The lowest BCUT2D eigenvalue weighted by Crippen LogP contribution is -2.27. The van der Waals surface area contributed by atoms with Crippen molar-refractivity contribution in [1.82, 2.24) is 5.48 Å². The first-order valence-electron chi connectivity index (χ1n) is 8.79. The molecule has 1 amide bonds. The Kier molecular flexibility index (Phi) is 5.49. The first kappa shape index (κ1) is 17.9. The van der Waals surface area contributed by atoms with Crippen molar-refractivity contribution in [1.29, 1.82) is 0 Å². The van der Waals surface area contributed by atoms with Crippen molar-refractivity contribution in [2.45, 2.75) is 25.7 Å². The number of benzene rings is 3. The average Bonchev–Trinajstić information content (AvgIpc) is 2.69. The van der Waals surface area contributed by atoms with Crippen molar-refractivity contribution in [3.05, 3.63) is 95.6 Å². The molecule has 0 aliphatic carbocycles. The van der Waals surface area contributed by atoms with Gasteiger partial charge in [0.2, 0.25) is 0 Å². The Hall–Kier alpha value is -2.91. The topological polar surface area (TPSA) is 49.3 Å². The molecule has 0 fully saturated rings. The number of amides is 1. The summed E-state index contributed by atoms with van der Waals surface area (Å²) in [7, 11) is 0. The maximum absolute atomic E-state index is 12.3. The van der Waals surface area contributed by atoms with Gasteiger partial charge >= 0.3 is 0 Å². The maximum atomic E-state index is 12.3. The van der Waals surface area contributed by atoms with Gasteiger partial charge < -0.3 is 0 Å². The molecule has 0 bridgehead atoms. The van der Waals surface area contributed by atoms with Gasteiger partial charge in [0.05, 0.1) is 5.92 Å². The van der Waals surface area contributed by atoms with E-state index in [1.54, 1.807) is 5.48 Å². The van der Waals surface area contributed by atoms with Crippen LogP contribution in [0.2, 0.25) is 0 Å². The fourth-order valence-electron chi connectivity index (χ4n) is 3.16. The highest BCUT2D eigenvalue weighted by Crippen LogP contribution is 2.29. The maximum Gasteiger partial charge on any atom is 0.255 e. The van der Waals surface area contributed by atoms with Crippen molar-refractivity contribution in [3.63, 3.8) is 0 Å². The van der Waals surface area contributed by atoms with E-state index < -0.39 is 11.8 Å². The van der Waals surface area contributed by atoms with Crippen molar-refractivity contribution >= 4 is 5.91 Å². The molecule has 3 nitrogen and oxygen atoms in total. The van der Waals surface area contributed by atoms with Crippen LogP contribution in [0.25, 0.3) is 11.1 Å². The van der Waals surface area contributed by atoms with Crippen LogP contribution in [0.3, 0.4) is 0 Å². The predicted molar refractivity (Wildman–Crippen MR) is 104 cm³/mol. The Balaban J connectivity index is 2.00. The number of nitrogens with one attached hydrogen (secondary N) is 1. The molecule has 3 aromatic carbocycles. The predicted octanol–water partition coefficient (Wildman–Crippen LogP) is 5.11. The van der Waals surface area contributed by atoms with E-state index in [9.17, 15) is 10.0 Å². The quantitative estimate of drug-likeness (QED) is 0.498. The van der Waals surface area contributed by atoms with E-state index in [0.717, 1.165) is 22.3 Å². The smallest absolute Gasteiger partial charge is 0.255 e. The van der Waals surface area contributed by atoms with Crippen molar-refractivity contribution in [2.24, 2.45) is 0 Å². The molecular formula is C23H23NO2. The molecule has 3 aromatic rings. The van der Waals surface area contributed by atoms with E-state index in [0.29, 0.717) is 5.92 Å². The van der Waals surface area contributed by atoms with Crippen LogP contribution in [0.1, 0.15) is 42.4 Å². The number of carbonyl (C=O) groups is 1. The Bertz CT molecular complexity index is 870. The van der Waals surface area contributed by atoms with Gasteiger partial charge in [-0.1, -0.05) is 92.7 Å². The average molecular weight is 345 g/mol. The summed E-state index contributed by atoms with van der Waals surface area (Å²) in [4.78, 5) is 12.3. The van der Waals surface area contributed by atoms with Gasteiger partial charge in [0.25, 0.3) is 5.91 Å². The third kappa shape index (κ3) is 3.84. The summed E-state index contributed by atoms with van der Waals surface area (Å²) in [5.41, 5.74) is 6.93. The Morgan fingerprint density at radius 3 is 2.04 bits per heavy atom. The number of carbonyl (C=O) groups excluding carboxylic acids is 1. The van der Waals surface area contributed by atoms with Crippen molar-refractivity contribution in [2.75, 3.05) is 0 Å². The second-order valence-electron chi connectivity index (χ2n) is 6.72. The molecule has 0 radical (unpaired) electrons. The molecule has 26 heavy (non-hydrogen) atoms. The zero-order valence-corrected chi connectivity index (χ0v) is 15.0. The molecule has 0 aliphatic rings. The molecule has 1 unspecified atom stereocenters. The fourth-order valence-corrected chi connectivity index (χ4v) is 3.16. The molecule has 0 heterocycles. The lowest BCUT2D eigenvalue weighted by atomic mass is 9.88. The molecule has 3 rings (SSSR count). The second kappa shape index (κ2) is 7.98. The minimum Gasteiger partial charge on any atom is -0.289 e. The van der Waals surface area contributed by atoms with Crippen LogP contribution in [0, 0.1) is 0 Å². The van der Waals surface area contributed by atoms with Gasteiger partial charge in [-0.15, -0.1) is 0 Å². The van der Waals surface area contributed by atoms with Crippen LogP contribution in [0.4, 0.5) is 0 Å². The molecule has 2 N–H and O–H groups in total. The Morgan fingerprint density at radius 1 is 0.769 bits per heavy atom. The van der Waals surface area contributed by atoms with E-state index in [4.69, 9.17) is 0 Å². The summed E-state index contributed by atoms with van der Waals surface area (Å²) in [5.74, 6) is -0.509. The highest BCUT2D eigenvalue weighted by molar-refractivity contribution is 5.86. The molecule has 0 saturated carbocycles. The largest absolute Gasteiger partial charge is 0.289 e. The normalized spacial score (nSPS) is 12.0. The van der Waals surface area contributed by atoms with Gasteiger partial charge in [-0.25, -0.2) is 5.48 Å². The van der Waals surface area contributed by atoms with E-state index in [2.05, 4.69) is 38.1 Å². The summed E-state index contributed by atoms with van der Waals surface area (Å²) in [5, 5.41) is 9.20. The van der Waals surface area contributed by atoms with Crippen LogP contribution in [-0.2, 0) is 4.79 Å². The van der Waals surface area contributed by atoms with Crippen LogP contribution in [-0.4, -0.2) is 11.1 Å². The molecule has 1 atom stereocenters. The molecule has 0 aromatic heterocycles. The Morgan fingerprint density at radius 2 is 1.42 bits per heavy atom. The first-order chi connectivity index (χ1) is 12.6. The van der Waals surface area contributed by atoms with Gasteiger partial charge in [0.15, 0.2) is 0 Å². The summed E-state index contributed by atoms with van der Waals surface area (Å²) in [6, 6.07) is 25.9. The SMILES string of the molecule is CC(C)c1ccc(-c2cccc(C(C(=O)NO)c3ccccc3)c2)cc1. The first-order valence-corrected chi connectivity index (χ1v) is 8.79. The number of hydrogen-bond acceptors (Lipinski definition) is 2. The third-order valence-electron chi connectivity index (χ3n) is 4.64. The summed E-state index contributed by atoms with van der Waals surface area (Å²) >= 11 is 0. The van der Waals surface area contributed by atoms with Crippen molar-refractivity contribution in [3.8, 4) is 11.1 Å². The molecule has 0 spiro atoms. The van der Waals surface area contributed by atoms with E-state index in [1.165, 1.54) is 5.56 Å². The number of rotatable bonds is 5. The van der Waals surface area contributed by atoms with Gasteiger partial charge in [-0.05, 0) is 33.7 Å². The van der Waals surface area contributed by atoms with Gasteiger partial charge in [0, 0.05) is 0 Å². The monoisotopic (exact) mass is 345 g/mol. The van der Waals surface area contributed by atoms with Gasteiger partial charge in [-0.2, -0.15) is 0 Å². The second-order valence-corrected chi connectivity index (χ2v) is 6.72. The van der Waals surface area contributed by atoms with Crippen LogP contribution >= 0.6 is 0 Å². The van der Waals surface area contributed by atoms with E-state index in [1.807, 2.05) is 54.6 Å². The zero-order valence-electron chi connectivity index (χ0n) is 15.0. The fraction of sp³-hybridized carbons (Fsp3) is 0.174. The molecule has 132 valence electrons. The minimum absolute atomic E-state index is 0.441. The van der Waals surface area contributed by atoms with Gasteiger partial charge in [0.1, 0.15) is 0 Å². The van der Waals surface area contributed by atoms with E-state index in [-0.39, 0.29) is 0 Å². The highest BCUT2D eigenvalue weighted by Gasteiger charge is 2.22. The standard InChI is InChI=1S/C23H23NO2/c1-16(2)17-11-13-18(14-12-17)20-9-6-10-21(15-20)22(23(25)24-26)19-7-4-3-5-8-19/h3-16,22,26H,1-2H3,(H,24,25). The number of hydroxylamine groups is 1. The van der Waals surface area contributed by atoms with Crippen LogP contribution in [0.5, 0.6) is 0 Å². The zero-order chi connectivity index (χ0) is 18.5.